The lowest BCUT2D eigenvalue weighted by molar-refractivity contribution is -0.124. The number of nitrogens with two attached hydrogens (primary N) is 1. The van der Waals surface area contributed by atoms with Crippen molar-refractivity contribution in [2.24, 2.45) is 11.7 Å². The minimum atomic E-state index is -0.702. The predicted octanol–water partition coefficient (Wildman–Crippen LogP) is 4.51. The summed E-state index contributed by atoms with van der Waals surface area (Å²) >= 11 is 0. The van der Waals surface area contributed by atoms with Crippen molar-refractivity contribution < 1.29 is 9.59 Å². The molecule has 1 unspecified atom stereocenters. The largest absolute Gasteiger partial charge is 0.368 e. The maximum Gasteiger partial charge on any atom is 0.255 e. The number of carbonyl (C=O) groups excluding carboxylic acids is 2. The van der Waals surface area contributed by atoms with E-state index in [-0.39, 0.29) is 11.8 Å². The molecule has 2 N–H and O–H groups in total. The molecule has 3 aromatic carbocycles. The van der Waals surface area contributed by atoms with Gasteiger partial charge in [-0.25, -0.2) is 0 Å². The molecule has 3 aromatic rings. The molecule has 0 heterocycles. The highest BCUT2D eigenvalue weighted by Crippen LogP contribution is 2.27. The van der Waals surface area contributed by atoms with Crippen LogP contribution in [0.3, 0.4) is 0 Å². The van der Waals surface area contributed by atoms with Gasteiger partial charge in [0.15, 0.2) is 0 Å². The summed E-state index contributed by atoms with van der Waals surface area (Å²) in [6.07, 6.45) is 0. The molecule has 0 bridgehead atoms. The first kappa shape index (κ1) is 20.3. The average molecular weight is 386 g/mol. The van der Waals surface area contributed by atoms with Crippen LogP contribution in [0.25, 0.3) is 11.1 Å². The summed E-state index contributed by atoms with van der Waals surface area (Å²) in [6, 6.07) is 26.2. The number of nitrogens with zero attached hydrogens (tertiary/aromatic N) is 1. The van der Waals surface area contributed by atoms with Crippen LogP contribution in [0, 0.1) is 5.92 Å². The Hall–Kier alpha value is -3.40. The first-order valence-corrected chi connectivity index (χ1v) is 9.77. The summed E-state index contributed by atoms with van der Waals surface area (Å²) < 4.78 is 0. The van der Waals surface area contributed by atoms with Crippen molar-refractivity contribution >= 4 is 11.8 Å². The molecule has 3 rings (SSSR count). The van der Waals surface area contributed by atoms with Crippen molar-refractivity contribution in [1.29, 1.82) is 0 Å². The Morgan fingerprint density at radius 1 is 0.828 bits per heavy atom. The van der Waals surface area contributed by atoms with Crippen LogP contribution in [0.5, 0.6) is 0 Å². The Balaban J connectivity index is 2.07. The Labute approximate surface area is 172 Å². The average Bonchev–Trinajstić information content (AvgIpc) is 2.73. The van der Waals surface area contributed by atoms with Gasteiger partial charge in [0, 0.05) is 12.1 Å². The highest BCUT2D eigenvalue weighted by Gasteiger charge is 2.32. The van der Waals surface area contributed by atoms with Crippen LogP contribution in [0.4, 0.5) is 0 Å². The van der Waals surface area contributed by atoms with E-state index in [0.29, 0.717) is 12.1 Å². The van der Waals surface area contributed by atoms with Crippen LogP contribution in [0.15, 0.2) is 84.9 Å². The maximum atomic E-state index is 13.7. The summed E-state index contributed by atoms with van der Waals surface area (Å²) in [4.78, 5) is 27.6. The van der Waals surface area contributed by atoms with Gasteiger partial charge in [0.2, 0.25) is 5.91 Å². The molecule has 0 aliphatic heterocycles. The summed E-state index contributed by atoms with van der Waals surface area (Å²) in [5.74, 6) is -0.809. The third-order valence-electron chi connectivity index (χ3n) is 4.96. The molecule has 0 saturated heterocycles. The van der Waals surface area contributed by atoms with Crippen molar-refractivity contribution in [3.05, 3.63) is 96.1 Å². The Morgan fingerprint density at radius 2 is 1.38 bits per heavy atom. The number of amides is 2. The van der Waals surface area contributed by atoms with Gasteiger partial charge in [0.25, 0.3) is 5.91 Å². The topological polar surface area (TPSA) is 63.4 Å². The van der Waals surface area contributed by atoms with E-state index in [2.05, 4.69) is 0 Å². The molecule has 0 spiro atoms. The molecule has 4 heteroatoms. The molecule has 4 nitrogen and oxygen atoms in total. The second-order valence-corrected chi connectivity index (χ2v) is 7.42. The zero-order valence-corrected chi connectivity index (χ0v) is 16.8. The third-order valence-corrected chi connectivity index (χ3v) is 4.96. The molecule has 2 amide bonds. The molecule has 29 heavy (non-hydrogen) atoms. The molecule has 0 aliphatic rings. The number of rotatable bonds is 7. The molecular weight excluding hydrogens is 360 g/mol. The first-order chi connectivity index (χ1) is 14.0. The first-order valence-electron chi connectivity index (χ1n) is 9.77. The Kier molecular flexibility index (Phi) is 6.45. The molecule has 0 saturated carbocycles. The van der Waals surface area contributed by atoms with E-state index < -0.39 is 11.9 Å². The van der Waals surface area contributed by atoms with Crippen LogP contribution in [-0.2, 0) is 11.3 Å². The van der Waals surface area contributed by atoms with Crippen LogP contribution in [0.2, 0.25) is 0 Å². The van der Waals surface area contributed by atoms with Crippen molar-refractivity contribution in [3.8, 4) is 11.1 Å². The highest BCUT2D eigenvalue weighted by atomic mass is 16.2. The van der Waals surface area contributed by atoms with E-state index in [1.807, 2.05) is 92.7 Å². The van der Waals surface area contributed by atoms with E-state index in [4.69, 9.17) is 5.73 Å². The Bertz CT molecular complexity index is 968. The van der Waals surface area contributed by atoms with Crippen LogP contribution >= 0.6 is 0 Å². The van der Waals surface area contributed by atoms with Gasteiger partial charge in [-0.1, -0.05) is 92.7 Å². The van der Waals surface area contributed by atoms with E-state index >= 15 is 0 Å². The van der Waals surface area contributed by atoms with E-state index in [9.17, 15) is 9.59 Å². The number of benzene rings is 3. The lowest BCUT2D eigenvalue weighted by Gasteiger charge is -2.33. The summed E-state index contributed by atoms with van der Waals surface area (Å²) in [6.45, 7) is 4.13. The van der Waals surface area contributed by atoms with Gasteiger partial charge in [0.05, 0.1) is 0 Å². The van der Waals surface area contributed by atoms with Gasteiger partial charge < -0.3 is 10.6 Å². The van der Waals surface area contributed by atoms with Crippen LogP contribution in [-0.4, -0.2) is 22.8 Å². The summed E-state index contributed by atoms with van der Waals surface area (Å²) in [5.41, 5.74) is 9.02. The number of hydrogen-bond acceptors (Lipinski definition) is 2. The SMILES string of the molecule is CC(C)C(C(N)=O)N(Cc1ccccc1)C(=O)c1ccccc1-c1ccccc1. The molecule has 1 atom stereocenters. The monoisotopic (exact) mass is 386 g/mol. The van der Waals surface area contributed by atoms with Crippen LogP contribution < -0.4 is 5.73 Å². The van der Waals surface area contributed by atoms with Gasteiger partial charge in [-0.05, 0) is 28.7 Å². The van der Waals surface area contributed by atoms with E-state index in [1.54, 1.807) is 11.0 Å². The fourth-order valence-corrected chi connectivity index (χ4v) is 3.61. The maximum absolute atomic E-state index is 13.7. The van der Waals surface area contributed by atoms with Gasteiger partial charge in [-0.15, -0.1) is 0 Å². The molecule has 148 valence electrons. The fourth-order valence-electron chi connectivity index (χ4n) is 3.61. The van der Waals surface area contributed by atoms with Crippen molar-refractivity contribution in [2.75, 3.05) is 0 Å². The molecule has 0 fully saturated rings. The minimum absolute atomic E-state index is 0.107. The van der Waals surface area contributed by atoms with Gasteiger partial charge >= 0.3 is 0 Å². The zero-order valence-electron chi connectivity index (χ0n) is 16.8. The Morgan fingerprint density at radius 3 is 1.97 bits per heavy atom. The van der Waals surface area contributed by atoms with Crippen molar-refractivity contribution in [3.63, 3.8) is 0 Å². The van der Waals surface area contributed by atoms with Crippen molar-refractivity contribution in [1.82, 2.24) is 4.90 Å². The third kappa shape index (κ3) is 4.72. The summed E-state index contributed by atoms with van der Waals surface area (Å²) in [5, 5.41) is 0. The van der Waals surface area contributed by atoms with Crippen molar-refractivity contribution in [2.45, 2.75) is 26.4 Å². The fraction of sp³-hybridized carbons (Fsp3) is 0.200. The number of hydrogen-bond donors (Lipinski definition) is 1. The quantitative estimate of drug-likeness (QED) is 0.649. The van der Waals surface area contributed by atoms with Crippen LogP contribution in [0.1, 0.15) is 29.8 Å². The smallest absolute Gasteiger partial charge is 0.255 e. The second kappa shape index (κ2) is 9.20. The molecular formula is C25H26N2O2. The predicted molar refractivity (Wildman–Crippen MR) is 116 cm³/mol. The molecule has 0 aliphatic carbocycles. The van der Waals surface area contributed by atoms with Gasteiger partial charge in [-0.3, -0.25) is 9.59 Å². The lowest BCUT2D eigenvalue weighted by atomic mass is 9.96. The van der Waals surface area contributed by atoms with Gasteiger partial charge in [0.1, 0.15) is 6.04 Å². The second-order valence-electron chi connectivity index (χ2n) is 7.42. The molecule has 0 aromatic heterocycles. The number of carbonyl (C=O) groups is 2. The molecule has 0 radical (unpaired) electrons. The summed E-state index contributed by atoms with van der Waals surface area (Å²) in [7, 11) is 0. The lowest BCUT2D eigenvalue weighted by Crippen LogP contribution is -2.50. The standard InChI is InChI=1S/C25H26N2O2/c1-18(2)23(24(26)28)27(17-19-11-5-3-6-12-19)25(29)22-16-10-9-15-21(22)20-13-7-4-8-14-20/h3-16,18,23H,17H2,1-2H3,(H2,26,28). The van der Waals surface area contributed by atoms with E-state index in [1.165, 1.54) is 0 Å². The normalized spacial score (nSPS) is 11.8. The van der Waals surface area contributed by atoms with E-state index in [0.717, 1.165) is 16.7 Å². The highest BCUT2D eigenvalue weighted by molar-refractivity contribution is 6.02. The minimum Gasteiger partial charge on any atom is -0.368 e. The zero-order chi connectivity index (χ0) is 20.8. The number of primary amides is 1. The van der Waals surface area contributed by atoms with Gasteiger partial charge in [-0.2, -0.15) is 0 Å².